The number of aromatic nitrogens is 3. The fourth-order valence-electron chi connectivity index (χ4n) is 1.67. The molecule has 0 spiro atoms. The Balaban J connectivity index is 2.26. The Morgan fingerprint density at radius 2 is 2.24 bits per heavy atom. The highest BCUT2D eigenvalue weighted by Crippen LogP contribution is 2.21. The molecule has 0 aromatic carbocycles. The van der Waals surface area contributed by atoms with Crippen LogP contribution in [0.5, 0.6) is 0 Å². The summed E-state index contributed by atoms with van der Waals surface area (Å²) >= 11 is 5.76. The second-order valence-corrected chi connectivity index (χ2v) is 4.22. The lowest BCUT2D eigenvalue weighted by atomic mass is 10.1. The van der Waals surface area contributed by atoms with E-state index in [0.717, 1.165) is 18.7 Å². The first-order valence-electron chi connectivity index (χ1n) is 5.53. The van der Waals surface area contributed by atoms with Crippen molar-refractivity contribution in [3.63, 3.8) is 0 Å². The van der Waals surface area contributed by atoms with Crippen molar-refractivity contribution in [3.05, 3.63) is 47.0 Å². The molecule has 1 N–H and O–H groups in total. The monoisotopic (exact) mass is 251 g/mol. The molecule has 2 heterocycles. The van der Waals surface area contributed by atoms with Gasteiger partial charge in [0.2, 0.25) is 0 Å². The van der Waals surface area contributed by atoms with Crippen molar-refractivity contribution in [2.24, 2.45) is 0 Å². The zero-order chi connectivity index (χ0) is 12.3. The molecule has 0 aliphatic carbocycles. The minimum absolute atomic E-state index is 0.558. The second-order valence-electron chi connectivity index (χ2n) is 3.78. The van der Waals surface area contributed by atoms with Crippen molar-refractivity contribution < 1.29 is 5.11 Å². The molecule has 0 aliphatic heterocycles. The van der Waals surface area contributed by atoms with Gasteiger partial charge < -0.3 is 5.11 Å². The molecule has 0 bridgehead atoms. The molecule has 0 fully saturated rings. The highest BCUT2D eigenvalue weighted by atomic mass is 35.5. The molecule has 1 atom stereocenters. The van der Waals surface area contributed by atoms with E-state index in [2.05, 4.69) is 17.0 Å². The number of hydrogen-bond donors (Lipinski definition) is 1. The van der Waals surface area contributed by atoms with Crippen molar-refractivity contribution in [2.75, 3.05) is 0 Å². The first-order chi connectivity index (χ1) is 8.22. The van der Waals surface area contributed by atoms with E-state index < -0.39 is 6.10 Å². The van der Waals surface area contributed by atoms with Gasteiger partial charge in [0.1, 0.15) is 6.10 Å². The summed E-state index contributed by atoms with van der Waals surface area (Å²) in [5.41, 5.74) is 1.33. The standard InChI is InChI=1S/C12H14ClN3O/c1-2-7-16-11(5-6-15-16)12(17)10-4-3-9(13)8-14-10/h3-6,8,12,17H,2,7H2,1H3. The first-order valence-corrected chi connectivity index (χ1v) is 5.91. The van der Waals surface area contributed by atoms with Crippen LogP contribution in [0.2, 0.25) is 5.02 Å². The van der Waals surface area contributed by atoms with Crippen LogP contribution in [0.1, 0.15) is 30.8 Å². The Morgan fingerprint density at radius 3 is 2.88 bits per heavy atom. The zero-order valence-electron chi connectivity index (χ0n) is 9.55. The van der Waals surface area contributed by atoms with Crippen molar-refractivity contribution in [2.45, 2.75) is 26.0 Å². The van der Waals surface area contributed by atoms with Crippen LogP contribution in [0.4, 0.5) is 0 Å². The van der Waals surface area contributed by atoms with Crippen LogP contribution in [0.3, 0.4) is 0 Å². The molecule has 17 heavy (non-hydrogen) atoms. The van der Waals surface area contributed by atoms with Gasteiger partial charge in [-0.3, -0.25) is 9.67 Å². The Morgan fingerprint density at radius 1 is 1.41 bits per heavy atom. The Labute approximate surface area is 105 Å². The molecule has 0 saturated heterocycles. The number of pyridine rings is 1. The largest absolute Gasteiger partial charge is 0.380 e. The molecule has 2 aromatic rings. The van der Waals surface area contributed by atoms with Gasteiger partial charge in [0, 0.05) is 18.9 Å². The number of aryl methyl sites for hydroxylation is 1. The van der Waals surface area contributed by atoms with Crippen molar-refractivity contribution in [3.8, 4) is 0 Å². The Bertz CT molecular complexity index is 481. The van der Waals surface area contributed by atoms with E-state index in [1.54, 1.807) is 29.1 Å². The van der Waals surface area contributed by atoms with Crippen LogP contribution in [0.25, 0.3) is 0 Å². The van der Waals surface area contributed by atoms with E-state index in [1.807, 2.05) is 0 Å². The fraction of sp³-hybridized carbons (Fsp3) is 0.333. The van der Waals surface area contributed by atoms with Crippen molar-refractivity contribution in [1.82, 2.24) is 14.8 Å². The van der Waals surface area contributed by atoms with Crippen LogP contribution >= 0.6 is 11.6 Å². The number of aliphatic hydroxyl groups is 1. The van der Waals surface area contributed by atoms with Gasteiger partial charge in [0.25, 0.3) is 0 Å². The number of hydrogen-bond acceptors (Lipinski definition) is 3. The van der Waals surface area contributed by atoms with Crippen LogP contribution in [-0.4, -0.2) is 19.9 Å². The summed E-state index contributed by atoms with van der Waals surface area (Å²) in [6.45, 7) is 2.85. The molecule has 2 rings (SSSR count). The molecular formula is C12H14ClN3O. The summed E-state index contributed by atoms with van der Waals surface area (Å²) in [6.07, 6.45) is 3.42. The Hall–Kier alpha value is -1.39. The van der Waals surface area contributed by atoms with Crippen LogP contribution in [0, 0.1) is 0 Å². The zero-order valence-corrected chi connectivity index (χ0v) is 10.3. The maximum absolute atomic E-state index is 10.2. The van der Waals surface area contributed by atoms with Crippen LogP contribution in [0.15, 0.2) is 30.6 Å². The summed E-state index contributed by atoms with van der Waals surface area (Å²) in [5, 5.41) is 14.9. The summed E-state index contributed by atoms with van der Waals surface area (Å²) in [7, 11) is 0. The molecule has 0 aliphatic rings. The lowest BCUT2D eigenvalue weighted by Crippen LogP contribution is -2.11. The van der Waals surface area contributed by atoms with E-state index in [4.69, 9.17) is 11.6 Å². The third-order valence-electron chi connectivity index (χ3n) is 2.50. The molecule has 90 valence electrons. The lowest BCUT2D eigenvalue weighted by Gasteiger charge is -2.12. The summed E-state index contributed by atoms with van der Waals surface area (Å²) in [6, 6.07) is 5.24. The van der Waals surface area contributed by atoms with Gasteiger partial charge in [-0.2, -0.15) is 5.10 Å². The SMILES string of the molecule is CCCn1nccc1C(O)c1ccc(Cl)cn1. The smallest absolute Gasteiger partial charge is 0.137 e. The fourth-order valence-corrected chi connectivity index (χ4v) is 1.79. The van der Waals surface area contributed by atoms with Gasteiger partial charge in [0.05, 0.1) is 16.4 Å². The highest BCUT2D eigenvalue weighted by molar-refractivity contribution is 6.30. The van der Waals surface area contributed by atoms with Gasteiger partial charge >= 0.3 is 0 Å². The predicted molar refractivity (Wildman–Crippen MR) is 65.8 cm³/mol. The van der Waals surface area contributed by atoms with E-state index >= 15 is 0 Å². The molecule has 2 aromatic heterocycles. The topological polar surface area (TPSA) is 50.9 Å². The maximum Gasteiger partial charge on any atom is 0.137 e. The van der Waals surface area contributed by atoms with Gasteiger partial charge in [-0.05, 0) is 24.6 Å². The van der Waals surface area contributed by atoms with Crippen LogP contribution < -0.4 is 0 Å². The number of aliphatic hydroxyl groups excluding tert-OH is 1. The van der Waals surface area contributed by atoms with Crippen molar-refractivity contribution >= 4 is 11.6 Å². The van der Waals surface area contributed by atoms with Gasteiger partial charge in [-0.15, -0.1) is 0 Å². The third kappa shape index (κ3) is 2.65. The molecule has 0 radical (unpaired) electrons. The molecular weight excluding hydrogens is 238 g/mol. The maximum atomic E-state index is 10.2. The van der Waals surface area contributed by atoms with Gasteiger partial charge in [0.15, 0.2) is 0 Å². The average Bonchev–Trinajstić information content (AvgIpc) is 2.78. The Kier molecular flexibility index (Phi) is 3.76. The van der Waals surface area contributed by atoms with E-state index in [-0.39, 0.29) is 0 Å². The van der Waals surface area contributed by atoms with Crippen molar-refractivity contribution in [1.29, 1.82) is 0 Å². The molecule has 1 unspecified atom stereocenters. The average molecular weight is 252 g/mol. The van der Waals surface area contributed by atoms with Crippen LogP contribution in [-0.2, 0) is 6.54 Å². The first kappa shape index (κ1) is 12.1. The third-order valence-corrected chi connectivity index (χ3v) is 2.72. The summed E-state index contributed by atoms with van der Waals surface area (Å²) < 4.78 is 1.79. The second kappa shape index (κ2) is 5.29. The molecule has 0 amide bonds. The molecule has 5 heteroatoms. The normalized spacial score (nSPS) is 12.6. The molecule has 0 saturated carbocycles. The van der Waals surface area contributed by atoms with E-state index in [1.165, 1.54) is 6.20 Å². The number of nitrogens with zero attached hydrogens (tertiary/aromatic N) is 3. The summed E-state index contributed by atoms with van der Waals surface area (Å²) in [4.78, 5) is 4.11. The molecule has 4 nitrogen and oxygen atoms in total. The van der Waals surface area contributed by atoms with E-state index in [0.29, 0.717) is 10.7 Å². The number of halogens is 1. The minimum atomic E-state index is -0.763. The van der Waals surface area contributed by atoms with E-state index in [9.17, 15) is 5.11 Å². The highest BCUT2D eigenvalue weighted by Gasteiger charge is 2.16. The van der Waals surface area contributed by atoms with Gasteiger partial charge in [-0.1, -0.05) is 18.5 Å². The predicted octanol–water partition coefficient (Wildman–Crippen LogP) is 2.42. The summed E-state index contributed by atoms with van der Waals surface area (Å²) in [5.74, 6) is 0. The lowest BCUT2D eigenvalue weighted by molar-refractivity contribution is 0.202. The minimum Gasteiger partial charge on any atom is -0.380 e. The quantitative estimate of drug-likeness (QED) is 0.908. The number of rotatable bonds is 4. The van der Waals surface area contributed by atoms with Gasteiger partial charge in [-0.25, -0.2) is 0 Å².